The molecular formula is C17H19N3O3. The first-order chi connectivity index (χ1) is 11.2. The van der Waals surface area contributed by atoms with Gasteiger partial charge in [-0.05, 0) is 25.0 Å². The molecule has 0 N–H and O–H groups in total. The van der Waals surface area contributed by atoms with Crippen LogP contribution >= 0.6 is 0 Å². The van der Waals surface area contributed by atoms with Crippen molar-refractivity contribution in [3.63, 3.8) is 0 Å². The van der Waals surface area contributed by atoms with Crippen molar-refractivity contribution in [3.8, 4) is 0 Å². The predicted octanol–water partition coefficient (Wildman–Crippen LogP) is 0.344. The molecule has 1 aromatic carbocycles. The normalized spacial score (nSPS) is 27.0. The molecule has 3 aliphatic rings. The van der Waals surface area contributed by atoms with Crippen LogP contribution < -0.4 is 0 Å². The lowest BCUT2D eigenvalue weighted by Crippen LogP contribution is -2.69. The summed E-state index contributed by atoms with van der Waals surface area (Å²) in [5.74, 6) is -0.0226. The molecule has 0 bridgehead atoms. The van der Waals surface area contributed by atoms with Crippen LogP contribution in [0.25, 0.3) is 0 Å². The molecule has 1 aromatic rings. The maximum Gasteiger partial charge on any atom is 0.253 e. The Morgan fingerprint density at radius 1 is 0.913 bits per heavy atom. The van der Waals surface area contributed by atoms with Crippen molar-refractivity contribution in [1.82, 2.24) is 14.7 Å². The van der Waals surface area contributed by atoms with E-state index >= 15 is 0 Å². The zero-order valence-corrected chi connectivity index (χ0v) is 12.9. The van der Waals surface area contributed by atoms with Gasteiger partial charge in [0.25, 0.3) is 5.91 Å². The number of amides is 3. The molecule has 0 aliphatic carbocycles. The second kappa shape index (κ2) is 5.37. The van der Waals surface area contributed by atoms with Crippen LogP contribution in [0.1, 0.15) is 23.2 Å². The van der Waals surface area contributed by atoms with Crippen LogP contribution in [0.3, 0.4) is 0 Å². The van der Waals surface area contributed by atoms with Crippen molar-refractivity contribution < 1.29 is 14.4 Å². The van der Waals surface area contributed by atoms with Crippen molar-refractivity contribution in [3.05, 3.63) is 35.9 Å². The molecule has 0 aromatic heterocycles. The Morgan fingerprint density at radius 2 is 1.61 bits per heavy atom. The minimum Gasteiger partial charge on any atom is -0.334 e. The first-order valence-electron chi connectivity index (χ1n) is 8.12. The van der Waals surface area contributed by atoms with Gasteiger partial charge in [-0.2, -0.15) is 0 Å². The Bertz CT molecular complexity index is 660. The monoisotopic (exact) mass is 313 g/mol. The van der Waals surface area contributed by atoms with E-state index in [1.807, 2.05) is 18.2 Å². The van der Waals surface area contributed by atoms with Gasteiger partial charge in [-0.25, -0.2) is 0 Å². The standard InChI is InChI=1S/C17H19N3O3/c21-15(12-5-2-1-3-6-12)18-9-10-20-14(11-18)17(23)19-8-4-7-13(19)16(20)22/h1-3,5-6,13-14H,4,7-11H2/t13-,14-/m1/s1. The van der Waals surface area contributed by atoms with Crippen molar-refractivity contribution in [2.24, 2.45) is 0 Å². The first kappa shape index (κ1) is 14.2. The molecule has 3 fully saturated rings. The van der Waals surface area contributed by atoms with Gasteiger partial charge in [-0.15, -0.1) is 0 Å². The van der Waals surface area contributed by atoms with Gasteiger partial charge in [0.05, 0.1) is 6.54 Å². The molecule has 0 radical (unpaired) electrons. The maximum absolute atomic E-state index is 12.7. The van der Waals surface area contributed by atoms with Crippen LogP contribution in [0.15, 0.2) is 30.3 Å². The smallest absolute Gasteiger partial charge is 0.253 e. The molecule has 6 nitrogen and oxygen atoms in total. The summed E-state index contributed by atoms with van der Waals surface area (Å²) in [6.07, 6.45) is 1.65. The Labute approximate surface area is 134 Å². The summed E-state index contributed by atoms with van der Waals surface area (Å²) in [5, 5.41) is 0. The molecule has 120 valence electrons. The SMILES string of the molecule is O=C(c1ccccc1)N1CCN2C(=O)[C@H]3CCCN3C(=O)[C@H]2C1. The highest BCUT2D eigenvalue weighted by atomic mass is 16.2. The first-order valence-corrected chi connectivity index (χ1v) is 8.12. The van der Waals surface area contributed by atoms with E-state index in [0.29, 0.717) is 31.7 Å². The van der Waals surface area contributed by atoms with Crippen LogP contribution in [0.4, 0.5) is 0 Å². The Hall–Kier alpha value is -2.37. The minimum atomic E-state index is -0.515. The number of benzene rings is 1. The van der Waals surface area contributed by atoms with E-state index in [1.54, 1.807) is 26.8 Å². The Kier molecular flexibility index (Phi) is 3.32. The second-order valence-corrected chi connectivity index (χ2v) is 6.35. The van der Waals surface area contributed by atoms with E-state index in [0.717, 1.165) is 12.8 Å². The molecule has 3 saturated heterocycles. The molecule has 23 heavy (non-hydrogen) atoms. The van der Waals surface area contributed by atoms with Crippen LogP contribution in [0.5, 0.6) is 0 Å². The van der Waals surface area contributed by atoms with Crippen molar-refractivity contribution in [2.75, 3.05) is 26.2 Å². The van der Waals surface area contributed by atoms with Crippen molar-refractivity contribution in [1.29, 1.82) is 0 Å². The fourth-order valence-electron chi connectivity index (χ4n) is 3.88. The zero-order valence-electron chi connectivity index (χ0n) is 12.9. The Morgan fingerprint density at radius 3 is 2.39 bits per heavy atom. The number of piperazine rings is 2. The summed E-state index contributed by atoms with van der Waals surface area (Å²) in [5.41, 5.74) is 0.620. The number of hydrogen-bond donors (Lipinski definition) is 0. The van der Waals surface area contributed by atoms with E-state index in [-0.39, 0.29) is 23.8 Å². The number of carbonyl (C=O) groups is 3. The lowest BCUT2D eigenvalue weighted by molar-refractivity contribution is -0.162. The summed E-state index contributed by atoms with van der Waals surface area (Å²) in [4.78, 5) is 42.9. The summed E-state index contributed by atoms with van der Waals surface area (Å²) < 4.78 is 0. The predicted molar refractivity (Wildman–Crippen MR) is 82.6 cm³/mol. The third kappa shape index (κ3) is 2.20. The molecule has 0 unspecified atom stereocenters. The molecule has 4 rings (SSSR count). The molecule has 0 spiro atoms. The maximum atomic E-state index is 12.7. The van der Waals surface area contributed by atoms with Crippen LogP contribution in [-0.2, 0) is 9.59 Å². The quantitative estimate of drug-likeness (QED) is 0.751. The van der Waals surface area contributed by atoms with Gasteiger partial charge in [-0.3, -0.25) is 14.4 Å². The largest absolute Gasteiger partial charge is 0.334 e. The van der Waals surface area contributed by atoms with Gasteiger partial charge in [-0.1, -0.05) is 18.2 Å². The molecule has 3 aliphatic heterocycles. The van der Waals surface area contributed by atoms with Gasteiger partial charge >= 0.3 is 0 Å². The van der Waals surface area contributed by atoms with Gasteiger partial charge in [0, 0.05) is 25.2 Å². The third-order valence-corrected chi connectivity index (χ3v) is 5.08. The van der Waals surface area contributed by atoms with Crippen LogP contribution in [0.2, 0.25) is 0 Å². The van der Waals surface area contributed by atoms with Crippen molar-refractivity contribution in [2.45, 2.75) is 24.9 Å². The lowest BCUT2D eigenvalue weighted by Gasteiger charge is -2.47. The number of hydrogen-bond acceptors (Lipinski definition) is 3. The highest BCUT2D eigenvalue weighted by Gasteiger charge is 2.49. The highest BCUT2D eigenvalue weighted by molar-refractivity contribution is 5.99. The molecular weight excluding hydrogens is 294 g/mol. The summed E-state index contributed by atoms with van der Waals surface area (Å²) in [6, 6.07) is 8.29. The van der Waals surface area contributed by atoms with Gasteiger partial charge in [0.15, 0.2) is 0 Å². The van der Waals surface area contributed by atoms with Gasteiger partial charge in [0.1, 0.15) is 12.1 Å². The molecule has 3 heterocycles. The van der Waals surface area contributed by atoms with Crippen LogP contribution in [0, 0.1) is 0 Å². The fraction of sp³-hybridized carbons (Fsp3) is 0.471. The summed E-state index contributed by atoms with van der Waals surface area (Å²) in [6.45, 7) is 1.88. The average Bonchev–Trinajstić information content (AvgIpc) is 3.09. The number of fused-ring (bicyclic) bond motifs is 2. The molecule has 2 atom stereocenters. The Balaban J connectivity index is 1.55. The van der Waals surface area contributed by atoms with Gasteiger partial charge in [0.2, 0.25) is 11.8 Å². The lowest BCUT2D eigenvalue weighted by atomic mass is 10.0. The van der Waals surface area contributed by atoms with Crippen molar-refractivity contribution >= 4 is 17.7 Å². The molecule has 0 saturated carbocycles. The van der Waals surface area contributed by atoms with Crippen LogP contribution in [-0.4, -0.2) is 70.7 Å². The average molecular weight is 313 g/mol. The third-order valence-electron chi connectivity index (χ3n) is 5.08. The van der Waals surface area contributed by atoms with E-state index < -0.39 is 6.04 Å². The zero-order chi connectivity index (χ0) is 16.0. The summed E-state index contributed by atoms with van der Waals surface area (Å²) in [7, 11) is 0. The van der Waals surface area contributed by atoms with E-state index in [9.17, 15) is 14.4 Å². The molecule has 3 amide bonds. The van der Waals surface area contributed by atoms with E-state index in [1.165, 1.54) is 0 Å². The molecule has 6 heteroatoms. The second-order valence-electron chi connectivity index (χ2n) is 6.35. The van der Waals surface area contributed by atoms with E-state index in [4.69, 9.17) is 0 Å². The van der Waals surface area contributed by atoms with Gasteiger partial charge < -0.3 is 14.7 Å². The summed E-state index contributed by atoms with van der Waals surface area (Å²) >= 11 is 0. The highest BCUT2D eigenvalue weighted by Crippen LogP contribution is 2.29. The number of rotatable bonds is 1. The minimum absolute atomic E-state index is 0.00217. The number of carbonyl (C=O) groups excluding carboxylic acids is 3. The topological polar surface area (TPSA) is 60.9 Å². The van der Waals surface area contributed by atoms with E-state index in [2.05, 4.69) is 0 Å². The fourth-order valence-corrected chi connectivity index (χ4v) is 3.88. The number of nitrogens with zero attached hydrogens (tertiary/aromatic N) is 3.